The van der Waals surface area contributed by atoms with E-state index in [1.165, 1.54) is 12.1 Å². The van der Waals surface area contributed by atoms with Gasteiger partial charge in [-0.2, -0.15) is 5.10 Å². The quantitative estimate of drug-likeness (QED) is 0.852. The first-order valence-electron chi connectivity index (χ1n) is 6.95. The first-order valence-corrected chi connectivity index (χ1v) is 7.74. The Hall–Kier alpha value is -1.27. The van der Waals surface area contributed by atoms with Crippen LogP contribution in [-0.4, -0.2) is 9.78 Å². The Kier molecular flexibility index (Phi) is 5.47. The third-order valence-electron chi connectivity index (χ3n) is 3.32. The van der Waals surface area contributed by atoms with Crippen LogP contribution in [0.5, 0.6) is 0 Å². The third kappa shape index (κ3) is 3.68. The second-order valence-electron chi connectivity index (χ2n) is 4.72. The van der Waals surface area contributed by atoms with E-state index in [-0.39, 0.29) is 0 Å². The summed E-state index contributed by atoms with van der Waals surface area (Å²) in [5.74, 6) is -1.09. The van der Waals surface area contributed by atoms with Gasteiger partial charge in [-0.15, -0.1) is 0 Å². The first kappa shape index (κ1) is 16.1. The van der Waals surface area contributed by atoms with Gasteiger partial charge in [0, 0.05) is 31.3 Å². The zero-order valence-electron chi connectivity index (χ0n) is 12.1. The average Bonchev–Trinajstić information content (AvgIpc) is 2.77. The zero-order valence-corrected chi connectivity index (χ0v) is 13.7. The van der Waals surface area contributed by atoms with Crippen LogP contribution in [0.3, 0.4) is 0 Å². The highest BCUT2D eigenvalue weighted by Gasteiger charge is 2.13. The van der Waals surface area contributed by atoms with Gasteiger partial charge in [0.05, 0.1) is 15.9 Å². The van der Waals surface area contributed by atoms with E-state index in [0.717, 1.165) is 34.9 Å². The topological polar surface area (TPSA) is 29.9 Å². The molecule has 2 aromatic rings. The molecule has 0 fully saturated rings. The van der Waals surface area contributed by atoms with Crippen LogP contribution in [0.2, 0.25) is 0 Å². The average molecular weight is 358 g/mol. The molecule has 1 aromatic heterocycles. The molecule has 114 valence electrons. The van der Waals surface area contributed by atoms with Gasteiger partial charge in [0.25, 0.3) is 0 Å². The number of benzene rings is 1. The van der Waals surface area contributed by atoms with E-state index in [9.17, 15) is 8.78 Å². The lowest BCUT2D eigenvalue weighted by atomic mass is 10.2. The molecular weight excluding hydrogens is 340 g/mol. The van der Waals surface area contributed by atoms with E-state index in [2.05, 4.69) is 33.3 Å². The predicted molar refractivity (Wildman–Crippen MR) is 81.9 cm³/mol. The lowest BCUT2D eigenvalue weighted by Gasteiger charge is -2.08. The SMILES string of the molecule is CCc1nn(CC)c(CNCc2ccc(F)cc2F)c1Br. The summed E-state index contributed by atoms with van der Waals surface area (Å²) < 4.78 is 29.3. The monoisotopic (exact) mass is 357 g/mol. The summed E-state index contributed by atoms with van der Waals surface area (Å²) in [5.41, 5.74) is 2.50. The third-order valence-corrected chi connectivity index (χ3v) is 4.23. The van der Waals surface area contributed by atoms with Gasteiger partial charge in [0.15, 0.2) is 0 Å². The van der Waals surface area contributed by atoms with Crippen molar-refractivity contribution in [2.75, 3.05) is 0 Å². The highest BCUT2D eigenvalue weighted by molar-refractivity contribution is 9.10. The van der Waals surface area contributed by atoms with Crippen molar-refractivity contribution >= 4 is 15.9 Å². The standard InChI is InChI=1S/C15H18BrF2N3/c1-3-13-15(16)14(21(4-2)20-13)9-19-8-10-5-6-11(17)7-12(10)18/h5-7,19H,3-4,8-9H2,1-2H3. The van der Waals surface area contributed by atoms with Gasteiger partial charge in [-0.1, -0.05) is 13.0 Å². The van der Waals surface area contributed by atoms with Crippen molar-refractivity contribution in [3.63, 3.8) is 0 Å². The largest absolute Gasteiger partial charge is 0.307 e. The van der Waals surface area contributed by atoms with Crippen LogP contribution in [0.4, 0.5) is 8.78 Å². The highest BCUT2D eigenvalue weighted by Crippen LogP contribution is 2.22. The molecule has 0 saturated heterocycles. The molecular formula is C15H18BrF2N3. The molecule has 0 atom stereocenters. The fraction of sp³-hybridized carbons (Fsp3) is 0.400. The van der Waals surface area contributed by atoms with E-state index in [1.807, 2.05) is 11.6 Å². The van der Waals surface area contributed by atoms with E-state index in [1.54, 1.807) is 0 Å². The van der Waals surface area contributed by atoms with Crippen LogP contribution < -0.4 is 5.32 Å². The van der Waals surface area contributed by atoms with Crippen molar-refractivity contribution in [1.29, 1.82) is 0 Å². The maximum Gasteiger partial charge on any atom is 0.130 e. The molecule has 3 nitrogen and oxygen atoms in total. The van der Waals surface area contributed by atoms with Crippen LogP contribution >= 0.6 is 15.9 Å². The molecule has 1 heterocycles. The maximum atomic E-state index is 13.6. The van der Waals surface area contributed by atoms with Gasteiger partial charge in [-0.3, -0.25) is 4.68 Å². The van der Waals surface area contributed by atoms with Crippen molar-refractivity contribution in [2.24, 2.45) is 0 Å². The number of rotatable bonds is 6. The Labute approximate surface area is 131 Å². The molecule has 0 aliphatic rings. The van der Waals surface area contributed by atoms with Gasteiger partial charge < -0.3 is 5.32 Å². The number of halogens is 3. The van der Waals surface area contributed by atoms with E-state index >= 15 is 0 Å². The van der Waals surface area contributed by atoms with Gasteiger partial charge in [0.2, 0.25) is 0 Å². The number of hydrogen-bond donors (Lipinski definition) is 1. The minimum absolute atomic E-state index is 0.342. The minimum atomic E-state index is -0.560. The fourth-order valence-electron chi connectivity index (χ4n) is 2.17. The molecule has 0 spiro atoms. The number of aryl methyl sites for hydroxylation is 2. The molecule has 0 radical (unpaired) electrons. The van der Waals surface area contributed by atoms with Crippen LogP contribution in [0.15, 0.2) is 22.7 Å². The van der Waals surface area contributed by atoms with E-state index in [4.69, 9.17) is 0 Å². The van der Waals surface area contributed by atoms with Crippen molar-refractivity contribution in [1.82, 2.24) is 15.1 Å². The normalized spacial score (nSPS) is 11.1. The van der Waals surface area contributed by atoms with Gasteiger partial charge in [-0.05, 0) is 35.3 Å². The number of aromatic nitrogens is 2. The Bertz CT molecular complexity index is 626. The predicted octanol–water partition coefficient (Wildman–Crippen LogP) is 3.80. The van der Waals surface area contributed by atoms with E-state index < -0.39 is 11.6 Å². The maximum absolute atomic E-state index is 13.6. The summed E-state index contributed by atoms with van der Waals surface area (Å²) in [7, 11) is 0. The lowest BCUT2D eigenvalue weighted by Crippen LogP contribution is -2.17. The molecule has 6 heteroatoms. The van der Waals surface area contributed by atoms with Gasteiger partial charge in [0.1, 0.15) is 11.6 Å². The minimum Gasteiger partial charge on any atom is -0.307 e. The van der Waals surface area contributed by atoms with Crippen molar-refractivity contribution in [3.05, 3.63) is 51.3 Å². The molecule has 0 saturated carbocycles. The Morgan fingerprint density at radius 3 is 2.62 bits per heavy atom. The second-order valence-corrected chi connectivity index (χ2v) is 5.51. The van der Waals surface area contributed by atoms with Gasteiger partial charge in [-0.25, -0.2) is 8.78 Å². The van der Waals surface area contributed by atoms with Crippen LogP contribution in [0.25, 0.3) is 0 Å². The second kappa shape index (κ2) is 7.13. The molecule has 21 heavy (non-hydrogen) atoms. The summed E-state index contributed by atoms with van der Waals surface area (Å²) in [6, 6.07) is 3.63. The molecule has 0 aliphatic heterocycles. The van der Waals surface area contributed by atoms with Crippen LogP contribution in [0, 0.1) is 11.6 Å². The summed E-state index contributed by atoms with van der Waals surface area (Å²) in [6.45, 7) is 5.77. The summed E-state index contributed by atoms with van der Waals surface area (Å²) >= 11 is 3.57. The molecule has 0 unspecified atom stereocenters. The molecule has 0 bridgehead atoms. The fourth-order valence-corrected chi connectivity index (χ4v) is 2.87. The Morgan fingerprint density at radius 1 is 1.24 bits per heavy atom. The number of nitrogens with one attached hydrogen (secondary N) is 1. The van der Waals surface area contributed by atoms with E-state index in [0.29, 0.717) is 18.7 Å². The Balaban J connectivity index is 2.05. The zero-order chi connectivity index (χ0) is 15.4. The lowest BCUT2D eigenvalue weighted by molar-refractivity contribution is 0.547. The smallest absolute Gasteiger partial charge is 0.130 e. The first-order chi connectivity index (χ1) is 10.1. The molecule has 2 rings (SSSR count). The molecule has 0 aliphatic carbocycles. The van der Waals surface area contributed by atoms with Crippen molar-refractivity contribution in [3.8, 4) is 0 Å². The van der Waals surface area contributed by atoms with Crippen molar-refractivity contribution in [2.45, 2.75) is 39.9 Å². The number of nitrogens with zero attached hydrogens (tertiary/aromatic N) is 2. The Morgan fingerprint density at radius 2 is 2.00 bits per heavy atom. The molecule has 1 N–H and O–H groups in total. The summed E-state index contributed by atoms with van der Waals surface area (Å²) in [4.78, 5) is 0. The summed E-state index contributed by atoms with van der Waals surface area (Å²) in [5, 5.41) is 7.69. The van der Waals surface area contributed by atoms with Crippen LogP contribution in [-0.2, 0) is 26.1 Å². The summed E-state index contributed by atoms with van der Waals surface area (Å²) in [6.07, 6.45) is 0.854. The van der Waals surface area contributed by atoms with Crippen molar-refractivity contribution < 1.29 is 8.78 Å². The van der Waals surface area contributed by atoms with Crippen LogP contribution in [0.1, 0.15) is 30.8 Å². The molecule has 0 amide bonds. The molecule has 1 aromatic carbocycles. The highest BCUT2D eigenvalue weighted by atomic mass is 79.9. The number of hydrogen-bond acceptors (Lipinski definition) is 2. The van der Waals surface area contributed by atoms with Gasteiger partial charge >= 0.3 is 0 Å².